The van der Waals surface area contributed by atoms with E-state index in [0.29, 0.717) is 0 Å². The molecule has 2 nitrogen and oxygen atoms in total. The highest BCUT2D eigenvalue weighted by Crippen LogP contribution is 2.53. The van der Waals surface area contributed by atoms with Crippen molar-refractivity contribution in [3.05, 3.63) is 142 Å². The Morgan fingerprint density at radius 2 is 1.51 bits per heavy atom. The van der Waals surface area contributed by atoms with Gasteiger partial charge in [-0.3, -0.25) is 4.99 Å². The number of fused-ring (bicyclic) bond motifs is 3. The van der Waals surface area contributed by atoms with E-state index < -0.39 is 0 Å². The van der Waals surface area contributed by atoms with Crippen molar-refractivity contribution in [3.63, 3.8) is 0 Å². The Morgan fingerprint density at radius 1 is 0.711 bits per heavy atom. The van der Waals surface area contributed by atoms with Crippen LogP contribution in [0.15, 0.2) is 125 Å². The molecule has 5 aromatic rings. The molecular formula is C43H36N2. The smallest absolute Gasteiger partial charge is 0.0658 e. The number of aromatic nitrogens is 1. The summed E-state index contributed by atoms with van der Waals surface area (Å²) in [4.78, 5) is 8.29. The van der Waals surface area contributed by atoms with Gasteiger partial charge in [-0.05, 0) is 110 Å². The van der Waals surface area contributed by atoms with Gasteiger partial charge in [0.2, 0.25) is 0 Å². The number of aromatic amines is 1. The number of allylic oxidation sites excluding steroid dienone is 8. The van der Waals surface area contributed by atoms with Crippen molar-refractivity contribution >= 4 is 39.8 Å². The van der Waals surface area contributed by atoms with Crippen molar-refractivity contribution in [2.45, 2.75) is 46.0 Å². The summed E-state index contributed by atoms with van der Waals surface area (Å²) in [5.41, 5.74) is 18.5. The highest BCUT2D eigenvalue weighted by Gasteiger charge is 2.35. The minimum Gasteiger partial charge on any atom is -0.355 e. The molecule has 1 aliphatic heterocycles. The van der Waals surface area contributed by atoms with E-state index in [4.69, 9.17) is 0 Å². The van der Waals surface area contributed by atoms with Crippen molar-refractivity contribution in [2.75, 3.05) is 0 Å². The largest absolute Gasteiger partial charge is 0.355 e. The predicted molar refractivity (Wildman–Crippen MR) is 192 cm³/mol. The summed E-state index contributed by atoms with van der Waals surface area (Å²) < 4.78 is 0. The number of rotatable bonds is 3. The summed E-state index contributed by atoms with van der Waals surface area (Å²) in [6.07, 6.45) is 19.5. The third-order valence-electron chi connectivity index (χ3n) is 10.1. The molecule has 4 aliphatic rings. The molecule has 2 heteroatoms. The molecule has 1 atom stereocenters. The Morgan fingerprint density at radius 3 is 2.33 bits per heavy atom. The lowest BCUT2D eigenvalue weighted by molar-refractivity contribution is 0.513. The van der Waals surface area contributed by atoms with E-state index >= 15 is 0 Å². The van der Waals surface area contributed by atoms with Gasteiger partial charge in [0.25, 0.3) is 0 Å². The summed E-state index contributed by atoms with van der Waals surface area (Å²) in [7, 11) is 0. The van der Waals surface area contributed by atoms with E-state index in [1.807, 2.05) is 6.21 Å². The first kappa shape index (κ1) is 26.5. The van der Waals surface area contributed by atoms with E-state index in [9.17, 15) is 0 Å². The first-order valence-corrected chi connectivity index (χ1v) is 16.3. The van der Waals surface area contributed by atoms with Gasteiger partial charge < -0.3 is 4.98 Å². The topological polar surface area (TPSA) is 28.1 Å². The molecule has 0 fully saturated rings. The Hall–Kier alpha value is -4.95. The minimum atomic E-state index is 0.106. The van der Waals surface area contributed by atoms with Crippen LogP contribution in [-0.4, -0.2) is 11.2 Å². The van der Waals surface area contributed by atoms with Crippen molar-refractivity contribution in [1.29, 1.82) is 0 Å². The Labute approximate surface area is 264 Å². The number of hydrogen-bond donors (Lipinski definition) is 1. The number of benzene rings is 4. The van der Waals surface area contributed by atoms with Gasteiger partial charge in [0.1, 0.15) is 0 Å². The van der Waals surface area contributed by atoms with Gasteiger partial charge in [0.05, 0.1) is 5.70 Å². The van der Waals surface area contributed by atoms with Gasteiger partial charge in [-0.2, -0.15) is 0 Å². The van der Waals surface area contributed by atoms with Crippen LogP contribution in [0.5, 0.6) is 0 Å². The maximum Gasteiger partial charge on any atom is 0.0658 e. The number of hydrogen-bond acceptors (Lipinski definition) is 1. The Balaban J connectivity index is 1.27. The lowest BCUT2D eigenvalue weighted by Gasteiger charge is -2.38. The molecule has 0 saturated heterocycles. The van der Waals surface area contributed by atoms with Crippen LogP contribution in [0, 0.1) is 5.41 Å². The van der Waals surface area contributed by atoms with Gasteiger partial charge in [0, 0.05) is 33.9 Å². The second-order valence-corrected chi connectivity index (χ2v) is 13.9. The number of nitrogens with zero attached hydrogens (tertiary/aromatic N) is 1. The molecule has 1 N–H and O–H groups in total. The summed E-state index contributed by atoms with van der Waals surface area (Å²) in [6, 6.07) is 27.2. The summed E-state index contributed by atoms with van der Waals surface area (Å²) >= 11 is 0. The summed E-state index contributed by atoms with van der Waals surface area (Å²) in [5, 5.41) is 2.55. The maximum absolute atomic E-state index is 4.67. The Bertz CT molecular complexity index is 2250. The van der Waals surface area contributed by atoms with Crippen LogP contribution in [0.4, 0.5) is 0 Å². The first-order chi connectivity index (χ1) is 21.9. The van der Waals surface area contributed by atoms with Gasteiger partial charge >= 0.3 is 0 Å². The van der Waals surface area contributed by atoms with E-state index in [-0.39, 0.29) is 11.3 Å². The third-order valence-corrected chi connectivity index (χ3v) is 10.1. The highest BCUT2D eigenvalue weighted by molar-refractivity contribution is 6.09. The average molecular weight is 581 g/mol. The van der Waals surface area contributed by atoms with E-state index in [0.717, 1.165) is 25.0 Å². The SMILES string of the molecule is CC(C)(C)C1=CC2=CCc3c(-c4ccc(C5=CCCC=N5)cc4)cc(-c4ccc5[nH]c6ccccc6c5c4)c4c3C2C(=C1)C=C4. The van der Waals surface area contributed by atoms with E-state index in [2.05, 4.69) is 140 Å². The molecule has 4 aromatic carbocycles. The number of para-hydroxylation sites is 1. The molecule has 1 aromatic heterocycles. The fourth-order valence-corrected chi connectivity index (χ4v) is 7.77. The van der Waals surface area contributed by atoms with Gasteiger partial charge in [0.15, 0.2) is 0 Å². The van der Waals surface area contributed by atoms with Crippen LogP contribution < -0.4 is 0 Å². The molecular weight excluding hydrogens is 544 g/mol. The summed E-state index contributed by atoms with van der Waals surface area (Å²) in [6.45, 7) is 6.96. The van der Waals surface area contributed by atoms with Crippen LogP contribution in [0.25, 0.3) is 55.8 Å². The van der Waals surface area contributed by atoms with Crippen LogP contribution in [-0.2, 0) is 6.42 Å². The van der Waals surface area contributed by atoms with E-state index in [1.54, 1.807) is 0 Å². The molecule has 218 valence electrons. The van der Waals surface area contributed by atoms with Gasteiger partial charge in [-0.25, -0.2) is 0 Å². The lowest BCUT2D eigenvalue weighted by Crippen LogP contribution is -2.22. The quantitative estimate of drug-likeness (QED) is 0.220. The molecule has 0 radical (unpaired) electrons. The maximum atomic E-state index is 4.67. The molecule has 0 saturated carbocycles. The zero-order valence-electron chi connectivity index (χ0n) is 26.1. The number of aliphatic imine (C=N–C) groups is 1. The second-order valence-electron chi connectivity index (χ2n) is 13.9. The van der Waals surface area contributed by atoms with Gasteiger partial charge in [-0.1, -0.05) is 106 Å². The molecule has 9 rings (SSSR count). The van der Waals surface area contributed by atoms with Crippen LogP contribution in [0.1, 0.15) is 61.8 Å². The lowest BCUT2D eigenvalue weighted by atomic mass is 9.66. The van der Waals surface area contributed by atoms with Crippen LogP contribution in [0.3, 0.4) is 0 Å². The third kappa shape index (κ3) is 4.19. The van der Waals surface area contributed by atoms with Gasteiger partial charge in [-0.15, -0.1) is 0 Å². The fraction of sp³-hybridized carbons (Fsp3) is 0.186. The van der Waals surface area contributed by atoms with E-state index in [1.165, 1.54) is 83.0 Å². The molecule has 0 spiro atoms. The van der Waals surface area contributed by atoms with Crippen LogP contribution >= 0.6 is 0 Å². The average Bonchev–Trinajstić information content (AvgIpc) is 3.45. The zero-order chi connectivity index (χ0) is 30.3. The predicted octanol–water partition coefficient (Wildman–Crippen LogP) is 11.4. The number of H-pyrrole nitrogens is 1. The first-order valence-electron chi connectivity index (χ1n) is 16.3. The zero-order valence-corrected chi connectivity index (χ0v) is 26.1. The van der Waals surface area contributed by atoms with Crippen molar-refractivity contribution < 1.29 is 0 Å². The standard InChI is InChI=1S/C43H36N2/c1-43(2,3)31-22-29-15-18-33-35(26-11-13-27(14-12-26)38-9-6-7-21-44-38)25-36(34-19-16-30(23-31)41(29)42(33)34)28-17-20-40-37(24-28)32-8-4-5-10-39(32)45-40/h4-5,8-17,19-25,41,45H,6-7,18H2,1-3H3. The highest BCUT2D eigenvalue weighted by atomic mass is 14.7. The summed E-state index contributed by atoms with van der Waals surface area (Å²) in [5.74, 6) is 0.274. The molecule has 3 aliphatic carbocycles. The molecule has 0 amide bonds. The van der Waals surface area contributed by atoms with Crippen molar-refractivity contribution in [1.82, 2.24) is 4.98 Å². The van der Waals surface area contributed by atoms with Crippen LogP contribution in [0.2, 0.25) is 0 Å². The van der Waals surface area contributed by atoms with Crippen molar-refractivity contribution in [3.8, 4) is 22.3 Å². The molecule has 45 heavy (non-hydrogen) atoms. The molecule has 2 heterocycles. The van der Waals surface area contributed by atoms with Crippen molar-refractivity contribution in [2.24, 2.45) is 10.4 Å². The fourth-order valence-electron chi connectivity index (χ4n) is 7.77. The Kier molecular flexibility index (Phi) is 5.75. The monoisotopic (exact) mass is 580 g/mol. The minimum absolute atomic E-state index is 0.106. The normalized spacial score (nSPS) is 18.4. The molecule has 1 unspecified atom stereocenters. The molecule has 0 bridgehead atoms. The number of nitrogens with one attached hydrogen (secondary N) is 1. The second kappa shape index (κ2) is 9.78.